The van der Waals surface area contributed by atoms with Gasteiger partial charge in [-0.25, -0.2) is 4.39 Å². The van der Waals surface area contributed by atoms with E-state index >= 15 is 4.39 Å². The van der Waals surface area contributed by atoms with Crippen LogP contribution in [0, 0.1) is 5.41 Å². The van der Waals surface area contributed by atoms with E-state index in [1.807, 2.05) is 25.7 Å². The number of alkyl halides is 4. The van der Waals surface area contributed by atoms with Gasteiger partial charge in [-0.1, -0.05) is 6.07 Å². The molecule has 0 aliphatic carbocycles. The monoisotopic (exact) mass is 516 g/mol. The number of aliphatic carboxylic acids is 1. The van der Waals surface area contributed by atoms with E-state index in [9.17, 15) is 27.9 Å². The normalized spacial score (nSPS) is 22.6. The molecular weight excluding hydrogens is 480 g/mol. The van der Waals surface area contributed by atoms with Crippen molar-refractivity contribution in [3.05, 3.63) is 29.3 Å². The Morgan fingerprint density at radius 3 is 2.19 bits per heavy atom. The maximum atomic E-state index is 15.6. The molecule has 1 N–H and O–H groups in total. The number of carboxylic acids is 1. The molecule has 3 rings (SSSR count). The summed E-state index contributed by atoms with van der Waals surface area (Å²) in [6.07, 6.45) is -3.56. The van der Waals surface area contributed by atoms with Crippen LogP contribution in [0.4, 0.5) is 17.6 Å². The molecule has 10 heteroatoms. The minimum absolute atomic E-state index is 0.0116. The third-order valence-electron chi connectivity index (χ3n) is 7.28. The molecule has 0 spiro atoms. The summed E-state index contributed by atoms with van der Waals surface area (Å²) in [5.41, 5.74) is -3.82. The molecule has 2 aliphatic heterocycles. The van der Waals surface area contributed by atoms with E-state index < -0.39 is 34.7 Å². The van der Waals surface area contributed by atoms with Crippen molar-refractivity contribution < 1.29 is 37.0 Å². The number of piperidine rings is 1. The lowest BCUT2D eigenvalue weighted by molar-refractivity contribution is -0.148. The van der Waals surface area contributed by atoms with Gasteiger partial charge in [-0.05, 0) is 71.1 Å². The number of likely N-dealkylation sites (tertiary alicyclic amines) is 2. The lowest BCUT2D eigenvalue weighted by Crippen LogP contribution is -2.51. The average Bonchev–Trinajstić information content (AvgIpc) is 3.20. The zero-order valence-electron chi connectivity index (χ0n) is 21.5. The van der Waals surface area contributed by atoms with Crippen molar-refractivity contribution >= 4 is 11.9 Å². The molecule has 2 heterocycles. The van der Waals surface area contributed by atoms with Crippen LogP contribution in [0.1, 0.15) is 70.9 Å². The third kappa shape index (κ3) is 6.12. The second-order valence-corrected chi connectivity index (χ2v) is 11.6. The number of hydrogen-bond acceptors (Lipinski definition) is 4. The first kappa shape index (κ1) is 28.2. The van der Waals surface area contributed by atoms with Crippen molar-refractivity contribution in [1.29, 1.82) is 0 Å². The van der Waals surface area contributed by atoms with Gasteiger partial charge in [-0.2, -0.15) is 13.2 Å². The van der Waals surface area contributed by atoms with Crippen molar-refractivity contribution in [2.45, 2.75) is 77.2 Å². The van der Waals surface area contributed by atoms with E-state index in [2.05, 4.69) is 0 Å². The summed E-state index contributed by atoms with van der Waals surface area (Å²) < 4.78 is 61.2. The van der Waals surface area contributed by atoms with Crippen LogP contribution in [0.3, 0.4) is 0 Å². The maximum absolute atomic E-state index is 15.6. The van der Waals surface area contributed by atoms with E-state index in [-0.39, 0.29) is 49.9 Å². The van der Waals surface area contributed by atoms with Gasteiger partial charge in [0, 0.05) is 38.1 Å². The summed E-state index contributed by atoms with van der Waals surface area (Å²) in [6.45, 7) is 9.63. The number of hydrogen-bond donors (Lipinski definition) is 1. The van der Waals surface area contributed by atoms with Crippen molar-refractivity contribution in [2.75, 3.05) is 32.8 Å². The van der Waals surface area contributed by atoms with Gasteiger partial charge in [-0.15, -0.1) is 0 Å². The molecular formula is C26H36F4N2O4. The van der Waals surface area contributed by atoms with Crippen LogP contribution in [0.2, 0.25) is 0 Å². The van der Waals surface area contributed by atoms with Gasteiger partial charge in [0.05, 0.1) is 11.0 Å². The molecule has 1 amide bonds. The molecule has 0 bridgehead atoms. The van der Waals surface area contributed by atoms with Gasteiger partial charge in [0.2, 0.25) is 5.67 Å². The van der Waals surface area contributed by atoms with Crippen LogP contribution in [-0.4, -0.2) is 70.8 Å². The molecule has 1 atom stereocenters. The first-order valence-corrected chi connectivity index (χ1v) is 12.2. The first-order chi connectivity index (χ1) is 16.4. The molecule has 0 radical (unpaired) electrons. The number of carbonyl (C=O) groups excluding carboxylic acids is 1. The Hall–Kier alpha value is -2.36. The lowest BCUT2D eigenvalue weighted by Gasteiger charge is -2.37. The first-order valence-electron chi connectivity index (χ1n) is 12.2. The van der Waals surface area contributed by atoms with Crippen molar-refractivity contribution in [3.8, 4) is 5.75 Å². The molecule has 6 nitrogen and oxygen atoms in total. The fourth-order valence-electron chi connectivity index (χ4n) is 4.69. The number of ether oxygens (including phenoxy) is 1. The quantitative estimate of drug-likeness (QED) is 0.532. The van der Waals surface area contributed by atoms with Crippen molar-refractivity contribution in [1.82, 2.24) is 9.80 Å². The van der Waals surface area contributed by atoms with Crippen LogP contribution >= 0.6 is 0 Å². The standard InChI is InChI=1S/C26H36F4N2O4/c1-23(2,3)32-13-10-25(27,15-32)21(33)31-11-8-17(9-12-31)19-7-6-18(26(28,29)30)14-20(19)36-16-24(4,5)22(34)35/h6-7,14,17H,8-13,15-16H2,1-5H3,(H,34,35)/t25-/m1/s1. The van der Waals surface area contributed by atoms with Crippen LogP contribution in [-0.2, 0) is 15.8 Å². The number of rotatable bonds is 6. The number of amides is 1. The summed E-state index contributed by atoms with van der Waals surface area (Å²) in [5.74, 6) is -1.87. The molecule has 2 saturated heterocycles. The zero-order valence-corrected chi connectivity index (χ0v) is 21.5. The van der Waals surface area contributed by atoms with Gasteiger partial charge >= 0.3 is 12.1 Å². The second kappa shape index (κ2) is 9.84. The van der Waals surface area contributed by atoms with Crippen LogP contribution in [0.5, 0.6) is 5.75 Å². The highest BCUT2D eigenvalue weighted by Gasteiger charge is 2.49. The minimum Gasteiger partial charge on any atom is -0.492 e. The maximum Gasteiger partial charge on any atom is 0.416 e. The fourth-order valence-corrected chi connectivity index (χ4v) is 4.69. The number of benzene rings is 1. The Kier molecular flexibility index (Phi) is 7.71. The van der Waals surface area contributed by atoms with Crippen molar-refractivity contribution in [3.63, 3.8) is 0 Å². The van der Waals surface area contributed by atoms with E-state index in [0.717, 1.165) is 12.1 Å². The van der Waals surface area contributed by atoms with Crippen molar-refractivity contribution in [2.24, 2.45) is 5.41 Å². The molecule has 36 heavy (non-hydrogen) atoms. The average molecular weight is 517 g/mol. The summed E-state index contributed by atoms with van der Waals surface area (Å²) in [4.78, 5) is 28.0. The number of nitrogens with zero attached hydrogens (tertiary/aromatic N) is 2. The van der Waals surface area contributed by atoms with Gasteiger partial charge in [0.1, 0.15) is 12.4 Å². The summed E-state index contributed by atoms with van der Waals surface area (Å²) in [5, 5.41) is 9.34. The van der Waals surface area contributed by atoms with E-state index in [0.29, 0.717) is 24.9 Å². The van der Waals surface area contributed by atoms with Gasteiger partial charge in [-0.3, -0.25) is 14.5 Å². The molecule has 0 aromatic heterocycles. The number of halogens is 4. The van der Waals surface area contributed by atoms with Gasteiger partial charge in [0.15, 0.2) is 0 Å². The highest BCUT2D eigenvalue weighted by Crippen LogP contribution is 2.40. The van der Waals surface area contributed by atoms with E-state index in [4.69, 9.17) is 4.74 Å². The Morgan fingerprint density at radius 2 is 1.69 bits per heavy atom. The molecule has 2 fully saturated rings. The minimum atomic E-state index is -4.58. The summed E-state index contributed by atoms with van der Waals surface area (Å²) in [7, 11) is 0. The molecule has 202 valence electrons. The fraction of sp³-hybridized carbons (Fsp3) is 0.692. The third-order valence-corrected chi connectivity index (χ3v) is 7.28. The lowest BCUT2D eigenvalue weighted by atomic mass is 9.87. The van der Waals surface area contributed by atoms with Crippen LogP contribution in [0.15, 0.2) is 18.2 Å². The highest BCUT2D eigenvalue weighted by molar-refractivity contribution is 5.86. The Bertz CT molecular complexity index is 981. The SMILES string of the molecule is CC(C)(COc1cc(C(F)(F)F)ccc1C1CCN(C(=O)[C@@]2(F)CCN(C(C)(C)C)C2)CC1)C(=O)O. The van der Waals surface area contributed by atoms with E-state index in [1.165, 1.54) is 24.8 Å². The number of carboxylic acid groups (broad SMARTS) is 1. The predicted molar refractivity (Wildman–Crippen MR) is 127 cm³/mol. The smallest absolute Gasteiger partial charge is 0.416 e. The van der Waals surface area contributed by atoms with Crippen LogP contribution < -0.4 is 4.74 Å². The highest BCUT2D eigenvalue weighted by atomic mass is 19.4. The summed E-state index contributed by atoms with van der Waals surface area (Å²) >= 11 is 0. The second-order valence-electron chi connectivity index (χ2n) is 11.6. The van der Waals surface area contributed by atoms with Gasteiger partial charge in [0.25, 0.3) is 5.91 Å². The molecule has 1 aromatic rings. The van der Waals surface area contributed by atoms with Crippen LogP contribution in [0.25, 0.3) is 0 Å². The zero-order chi connectivity index (χ0) is 27.1. The van der Waals surface area contributed by atoms with E-state index in [1.54, 1.807) is 0 Å². The Balaban J connectivity index is 1.73. The predicted octanol–water partition coefficient (Wildman–Crippen LogP) is 5.11. The molecule has 1 aromatic carbocycles. The summed E-state index contributed by atoms with van der Waals surface area (Å²) in [6, 6.07) is 3.25. The largest absolute Gasteiger partial charge is 0.492 e. The molecule has 0 unspecified atom stereocenters. The molecule has 2 aliphatic rings. The Labute approximate surface area is 209 Å². The number of carbonyl (C=O) groups is 2. The topological polar surface area (TPSA) is 70.1 Å². The Morgan fingerprint density at radius 1 is 1.08 bits per heavy atom. The molecule has 0 saturated carbocycles. The van der Waals surface area contributed by atoms with Gasteiger partial charge < -0.3 is 14.7 Å².